The molecule has 0 aromatic heterocycles. The number of ether oxygens (including phenoxy) is 1. The summed E-state index contributed by atoms with van der Waals surface area (Å²) in [5, 5.41) is 0. The largest absolute Gasteiger partial charge is 0.442 e. The van der Waals surface area contributed by atoms with E-state index in [1.54, 1.807) is 0 Å². The molecule has 1 aromatic carbocycles. The van der Waals surface area contributed by atoms with Gasteiger partial charge in [0, 0.05) is 12.5 Å². The molecule has 8 heteroatoms. The lowest BCUT2D eigenvalue weighted by atomic mass is 9.89. The first kappa shape index (κ1) is 18.1. The van der Waals surface area contributed by atoms with Gasteiger partial charge in [0.15, 0.2) is 0 Å². The molecule has 22 heavy (non-hydrogen) atoms. The average Bonchev–Trinajstić information content (AvgIpc) is 2.32. The molecule has 2 nitrogen and oxygen atoms in total. The van der Waals surface area contributed by atoms with Gasteiger partial charge in [-0.15, -0.1) is 0 Å². The monoisotopic (exact) mass is 326 g/mol. The molecule has 0 saturated carbocycles. The number of benzene rings is 1. The molecule has 0 radical (unpaired) electrons. The highest BCUT2D eigenvalue weighted by Gasteiger charge is 2.75. The summed E-state index contributed by atoms with van der Waals surface area (Å²) >= 11 is 0. The van der Waals surface area contributed by atoms with Crippen molar-refractivity contribution in [3.8, 4) is 0 Å². The van der Waals surface area contributed by atoms with Crippen molar-refractivity contribution in [2.24, 2.45) is 0 Å². The highest BCUT2D eigenvalue weighted by atomic mass is 19.4. The average molecular weight is 326 g/mol. The Kier molecular flexibility index (Phi) is 4.65. The van der Waals surface area contributed by atoms with Gasteiger partial charge >= 0.3 is 23.9 Å². The predicted octanol–water partition coefficient (Wildman–Crippen LogP) is 4.52. The fourth-order valence-corrected chi connectivity index (χ4v) is 2.00. The van der Waals surface area contributed by atoms with E-state index in [4.69, 9.17) is 0 Å². The van der Waals surface area contributed by atoms with Gasteiger partial charge < -0.3 is 4.74 Å². The van der Waals surface area contributed by atoms with Gasteiger partial charge in [0.25, 0.3) is 0 Å². The van der Waals surface area contributed by atoms with Gasteiger partial charge in [0.1, 0.15) is 0 Å². The Bertz CT molecular complexity index is 572. The van der Waals surface area contributed by atoms with Gasteiger partial charge in [-0.25, -0.2) is 0 Å². The number of carbonyl (C=O) groups is 1. The second-order valence-electron chi connectivity index (χ2n) is 4.55. The summed E-state index contributed by atoms with van der Waals surface area (Å²) in [6, 6.07) is 2.35. The minimum atomic E-state index is -5.88. The molecular formula is C14H12F6O2. The van der Waals surface area contributed by atoms with Crippen LogP contribution in [0.3, 0.4) is 0 Å². The molecule has 1 rings (SSSR count). The number of alkyl halides is 6. The first-order chi connectivity index (χ1) is 9.86. The van der Waals surface area contributed by atoms with Crippen LogP contribution in [0, 0.1) is 6.92 Å². The van der Waals surface area contributed by atoms with E-state index in [0.717, 1.165) is 6.07 Å². The molecule has 0 spiro atoms. The van der Waals surface area contributed by atoms with Crippen molar-refractivity contribution in [2.75, 3.05) is 0 Å². The Labute approximate surface area is 122 Å². The molecule has 0 atom stereocenters. The zero-order chi connectivity index (χ0) is 17.3. The highest BCUT2D eigenvalue weighted by molar-refractivity contribution is 5.67. The van der Waals surface area contributed by atoms with Crippen molar-refractivity contribution in [1.29, 1.82) is 0 Å². The van der Waals surface area contributed by atoms with Gasteiger partial charge in [-0.05, 0) is 18.1 Å². The van der Waals surface area contributed by atoms with E-state index in [1.807, 2.05) is 0 Å². The minimum Gasteiger partial charge on any atom is -0.435 e. The third-order valence-electron chi connectivity index (χ3n) is 2.99. The third-order valence-corrected chi connectivity index (χ3v) is 2.99. The molecule has 0 aliphatic heterocycles. The minimum absolute atomic E-state index is 0.137. The standard InChI is InChI=1S/C14H12F6O2/c1-4-10-5-6-11(7-8(10)2)12(13(15,16)17,14(18,19)20)22-9(3)21/h4-7H,1H2,2-3H3. The van der Waals surface area contributed by atoms with Gasteiger partial charge in [-0.3, -0.25) is 4.79 Å². The van der Waals surface area contributed by atoms with E-state index in [9.17, 15) is 31.1 Å². The summed E-state index contributed by atoms with van der Waals surface area (Å²) in [6.07, 6.45) is -10.5. The fourth-order valence-electron chi connectivity index (χ4n) is 2.00. The van der Waals surface area contributed by atoms with Crippen molar-refractivity contribution < 1.29 is 35.9 Å². The fraction of sp³-hybridized carbons (Fsp3) is 0.357. The maximum atomic E-state index is 13.2. The van der Waals surface area contributed by atoms with Crippen molar-refractivity contribution in [1.82, 2.24) is 0 Å². The number of hydrogen-bond acceptors (Lipinski definition) is 2. The molecular weight excluding hydrogens is 314 g/mol. The summed E-state index contributed by atoms with van der Waals surface area (Å²) in [5.41, 5.74) is -5.43. The first-order valence-corrected chi connectivity index (χ1v) is 5.93. The van der Waals surface area contributed by atoms with Crippen LogP contribution in [-0.2, 0) is 15.1 Å². The first-order valence-electron chi connectivity index (χ1n) is 5.93. The molecule has 0 aliphatic carbocycles. The number of halogens is 6. The summed E-state index contributed by atoms with van der Waals surface area (Å²) in [5.74, 6) is -1.69. The van der Waals surface area contributed by atoms with Gasteiger partial charge in [-0.1, -0.05) is 30.9 Å². The Morgan fingerprint density at radius 1 is 1.14 bits per heavy atom. The quantitative estimate of drug-likeness (QED) is 0.603. The molecule has 1 aromatic rings. The van der Waals surface area contributed by atoms with Crippen LogP contribution < -0.4 is 0 Å². The molecule has 0 amide bonds. The Hall–Kier alpha value is -1.99. The summed E-state index contributed by atoms with van der Waals surface area (Å²) < 4.78 is 83.1. The summed E-state index contributed by atoms with van der Waals surface area (Å²) in [6.45, 7) is 5.21. The van der Waals surface area contributed by atoms with E-state index < -0.39 is 29.5 Å². The van der Waals surface area contributed by atoms with E-state index in [-0.39, 0.29) is 5.56 Å². The third kappa shape index (κ3) is 2.95. The zero-order valence-electron chi connectivity index (χ0n) is 11.6. The van der Waals surface area contributed by atoms with Gasteiger partial charge in [0.2, 0.25) is 0 Å². The maximum absolute atomic E-state index is 13.2. The smallest absolute Gasteiger partial charge is 0.435 e. The number of esters is 1. The van der Waals surface area contributed by atoms with E-state index in [1.165, 1.54) is 13.0 Å². The number of aryl methyl sites for hydroxylation is 1. The van der Waals surface area contributed by atoms with Crippen molar-refractivity contribution in [3.05, 3.63) is 41.5 Å². The number of hydrogen-bond donors (Lipinski definition) is 0. The lowest BCUT2D eigenvalue weighted by molar-refractivity contribution is -0.377. The van der Waals surface area contributed by atoms with Crippen LogP contribution in [0.25, 0.3) is 6.08 Å². The SMILES string of the molecule is C=Cc1ccc(C(OC(C)=O)(C(F)(F)F)C(F)(F)F)cc1C. The van der Waals surface area contributed by atoms with Crippen LogP contribution in [0.15, 0.2) is 24.8 Å². The van der Waals surface area contributed by atoms with Crippen LogP contribution in [-0.4, -0.2) is 18.3 Å². The molecule has 0 N–H and O–H groups in total. The number of rotatable bonds is 3. The van der Waals surface area contributed by atoms with E-state index in [0.29, 0.717) is 24.6 Å². The Morgan fingerprint density at radius 3 is 1.95 bits per heavy atom. The van der Waals surface area contributed by atoms with E-state index >= 15 is 0 Å². The number of carbonyl (C=O) groups excluding carboxylic acids is 1. The highest BCUT2D eigenvalue weighted by Crippen LogP contribution is 2.53. The molecule has 0 aliphatic rings. The molecule has 122 valence electrons. The van der Waals surface area contributed by atoms with Crippen LogP contribution >= 0.6 is 0 Å². The van der Waals surface area contributed by atoms with Crippen LogP contribution in [0.5, 0.6) is 0 Å². The maximum Gasteiger partial charge on any atom is 0.442 e. The van der Waals surface area contributed by atoms with E-state index in [2.05, 4.69) is 11.3 Å². The Morgan fingerprint density at radius 2 is 1.64 bits per heavy atom. The Balaban J connectivity index is 3.72. The molecule has 0 bridgehead atoms. The topological polar surface area (TPSA) is 26.3 Å². The summed E-state index contributed by atoms with van der Waals surface area (Å²) in [4.78, 5) is 10.9. The lowest BCUT2D eigenvalue weighted by Gasteiger charge is -2.36. The molecule has 0 heterocycles. The van der Waals surface area contributed by atoms with Crippen LogP contribution in [0.2, 0.25) is 0 Å². The van der Waals surface area contributed by atoms with Crippen molar-refractivity contribution in [3.63, 3.8) is 0 Å². The van der Waals surface area contributed by atoms with Crippen molar-refractivity contribution in [2.45, 2.75) is 31.8 Å². The molecule has 0 saturated heterocycles. The second-order valence-corrected chi connectivity index (χ2v) is 4.55. The lowest BCUT2D eigenvalue weighted by Crippen LogP contribution is -2.56. The van der Waals surface area contributed by atoms with Crippen LogP contribution in [0.1, 0.15) is 23.6 Å². The molecule has 0 fully saturated rings. The predicted molar refractivity (Wildman–Crippen MR) is 66.8 cm³/mol. The second kappa shape index (κ2) is 5.66. The normalized spacial score (nSPS) is 12.9. The van der Waals surface area contributed by atoms with Crippen molar-refractivity contribution >= 4 is 12.0 Å². The zero-order valence-corrected chi connectivity index (χ0v) is 11.6. The van der Waals surface area contributed by atoms with Gasteiger partial charge in [-0.2, -0.15) is 26.3 Å². The van der Waals surface area contributed by atoms with Gasteiger partial charge in [0.05, 0.1) is 0 Å². The molecule has 0 unspecified atom stereocenters. The van der Waals surface area contributed by atoms with Crippen LogP contribution in [0.4, 0.5) is 26.3 Å². The summed E-state index contributed by atoms with van der Waals surface area (Å²) in [7, 11) is 0.